The average molecular weight is 312 g/mol. The first-order valence-corrected chi connectivity index (χ1v) is 7.80. The molecule has 23 heavy (non-hydrogen) atoms. The molecule has 0 radical (unpaired) electrons. The Balaban J connectivity index is 2.27. The van der Waals surface area contributed by atoms with E-state index in [0.29, 0.717) is 6.42 Å². The van der Waals surface area contributed by atoms with Gasteiger partial charge in [-0.1, -0.05) is 42.5 Å². The van der Waals surface area contributed by atoms with E-state index >= 15 is 0 Å². The highest BCUT2D eigenvalue weighted by atomic mass is 16.6. The van der Waals surface area contributed by atoms with Crippen molar-refractivity contribution in [3.05, 3.63) is 65.7 Å². The molecule has 0 N–H and O–H groups in total. The van der Waals surface area contributed by atoms with Crippen molar-refractivity contribution in [2.24, 2.45) is 0 Å². The fraction of sp³-hybridized carbons (Fsp3) is 0.350. The minimum Gasteiger partial charge on any atom is -0.497 e. The van der Waals surface area contributed by atoms with Crippen molar-refractivity contribution in [3.8, 4) is 5.75 Å². The van der Waals surface area contributed by atoms with Crippen molar-refractivity contribution in [1.29, 1.82) is 0 Å². The van der Waals surface area contributed by atoms with Crippen molar-refractivity contribution < 1.29 is 14.3 Å². The second kappa shape index (κ2) is 7.32. The number of esters is 1. The van der Waals surface area contributed by atoms with Gasteiger partial charge in [0.1, 0.15) is 11.4 Å². The number of benzene rings is 2. The first kappa shape index (κ1) is 17.1. The van der Waals surface area contributed by atoms with Crippen molar-refractivity contribution >= 4 is 5.97 Å². The molecule has 122 valence electrons. The second-order valence-electron chi connectivity index (χ2n) is 6.53. The van der Waals surface area contributed by atoms with Crippen molar-refractivity contribution in [2.45, 2.75) is 38.7 Å². The molecular weight excluding hydrogens is 288 g/mol. The van der Waals surface area contributed by atoms with Crippen LogP contribution < -0.4 is 4.74 Å². The van der Waals surface area contributed by atoms with Crippen LogP contribution >= 0.6 is 0 Å². The largest absolute Gasteiger partial charge is 0.497 e. The van der Waals surface area contributed by atoms with Crippen LogP contribution in [0.3, 0.4) is 0 Å². The number of methoxy groups -OCH3 is 1. The summed E-state index contributed by atoms with van der Waals surface area (Å²) < 4.78 is 10.7. The zero-order chi connectivity index (χ0) is 16.9. The molecule has 0 saturated carbocycles. The predicted molar refractivity (Wildman–Crippen MR) is 91.7 cm³/mol. The number of carbonyl (C=O) groups is 1. The Bertz CT molecular complexity index is 624. The third kappa shape index (κ3) is 5.13. The van der Waals surface area contributed by atoms with E-state index in [1.165, 1.54) is 0 Å². The van der Waals surface area contributed by atoms with E-state index in [-0.39, 0.29) is 11.9 Å². The van der Waals surface area contributed by atoms with Gasteiger partial charge >= 0.3 is 5.97 Å². The van der Waals surface area contributed by atoms with E-state index in [9.17, 15) is 4.79 Å². The number of ether oxygens (including phenoxy) is 2. The van der Waals surface area contributed by atoms with Gasteiger partial charge in [-0.2, -0.15) is 0 Å². The van der Waals surface area contributed by atoms with E-state index in [0.717, 1.165) is 16.9 Å². The summed E-state index contributed by atoms with van der Waals surface area (Å²) >= 11 is 0. The molecule has 3 heteroatoms. The van der Waals surface area contributed by atoms with Crippen LogP contribution in [0.15, 0.2) is 54.6 Å². The van der Waals surface area contributed by atoms with Crippen molar-refractivity contribution in [1.82, 2.24) is 0 Å². The summed E-state index contributed by atoms with van der Waals surface area (Å²) in [5, 5.41) is 0. The van der Waals surface area contributed by atoms with Gasteiger partial charge in [-0.25, -0.2) is 0 Å². The van der Waals surface area contributed by atoms with Gasteiger partial charge in [0.05, 0.1) is 13.5 Å². The van der Waals surface area contributed by atoms with Gasteiger partial charge in [0.15, 0.2) is 0 Å². The highest BCUT2D eigenvalue weighted by molar-refractivity contribution is 5.72. The van der Waals surface area contributed by atoms with E-state index in [1.807, 2.05) is 75.4 Å². The molecule has 0 aliphatic carbocycles. The maximum absolute atomic E-state index is 12.3. The zero-order valence-electron chi connectivity index (χ0n) is 14.2. The topological polar surface area (TPSA) is 35.5 Å². The molecule has 2 aromatic carbocycles. The van der Waals surface area contributed by atoms with Gasteiger partial charge in [-0.15, -0.1) is 0 Å². The zero-order valence-corrected chi connectivity index (χ0v) is 14.2. The van der Waals surface area contributed by atoms with Gasteiger partial charge in [0, 0.05) is 5.92 Å². The lowest BCUT2D eigenvalue weighted by atomic mass is 9.88. The molecule has 3 nitrogen and oxygen atoms in total. The van der Waals surface area contributed by atoms with Crippen molar-refractivity contribution in [2.75, 3.05) is 7.11 Å². The summed E-state index contributed by atoms with van der Waals surface area (Å²) in [7, 11) is 1.64. The summed E-state index contributed by atoms with van der Waals surface area (Å²) in [5.74, 6) is 0.581. The third-order valence-corrected chi connectivity index (χ3v) is 3.51. The van der Waals surface area contributed by atoms with E-state index < -0.39 is 5.60 Å². The van der Waals surface area contributed by atoms with E-state index in [2.05, 4.69) is 0 Å². The lowest BCUT2D eigenvalue weighted by Crippen LogP contribution is -2.25. The first-order valence-electron chi connectivity index (χ1n) is 7.80. The maximum Gasteiger partial charge on any atom is 0.307 e. The summed E-state index contributed by atoms with van der Waals surface area (Å²) in [4.78, 5) is 12.3. The average Bonchev–Trinajstić information content (AvgIpc) is 2.52. The number of hydrogen-bond donors (Lipinski definition) is 0. The number of hydrogen-bond acceptors (Lipinski definition) is 3. The summed E-state index contributed by atoms with van der Waals surface area (Å²) in [5.41, 5.74) is 1.70. The normalized spacial score (nSPS) is 12.5. The fourth-order valence-electron chi connectivity index (χ4n) is 2.50. The molecule has 1 atom stereocenters. The third-order valence-electron chi connectivity index (χ3n) is 3.51. The van der Waals surface area contributed by atoms with Crippen molar-refractivity contribution in [3.63, 3.8) is 0 Å². The molecule has 0 fully saturated rings. The van der Waals surface area contributed by atoms with Gasteiger partial charge in [-0.05, 0) is 44.0 Å². The first-order chi connectivity index (χ1) is 10.9. The lowest BCUT2D eigenvalue weighted by molar-refractivity contribution is -0.155. The Morgan fingerprint density at radius 2 is 1.52 bits per heavy atom. The molecule has 0 spiro atoms. The molecule has 0 heterocycles. The van der Waals surface area contributed by atoms with Crippen LogP contribution in [0.25, 0.3) is 0 Å². The molecule has 2 rings (SSSR count). The molecule has 0 aromatic heterocycles. The minimum absolute atomic E-state index is 0.0306. The van der Waals surface area contributed by atoms with Gasteiger partial charge in [-0.3, -0.25) is 4.79 Å². The fourth-order valence-corrected chi connectivity index (χ4v) is 2.50. The Hall–Kier alpha value is -2.29. The quantitative estimate of drug-likeness (QED) is 0.759. The molecule has 0 saturated heterocycles. The van der Waals surface area contributed by atoms with Crippen LogP contribution in [0.2, 0.25) is 0 Å². The van der Waals surface area contributed by atoms with Crippen LogP contribution in [-0.2, 0) is 9.53 Å². The molecule has 0 aliphatic rings. The van der Waals surface area contributed by atoms with E-state index in [4.69, 9.17) is 9.47 Å². The Morgan fingerprint density at radius 1 is 0.957 bits per heavy atom. The SMILES string of the molecule is COc1ccc([C@H](CC(=O)OC(C)(C)C)c2ccccc2)cc1. The van der Waals surface area contributed by atoms with E-state index in [1.54, 1.807) is 7.11 Å². The highest BCUT2D eigenvalue weighted by Crippen LogP contribution is 2.30. The lowest BCUT2D eigenvalue weighted by Gasteiger charge is -2.23. The molecule has 0 unspecified atom stereocenters. The Kier molecular flexibility index (Phi) is 5.43. The van der Waals surface area contributed by atoms with Gasteiger partial charge in [0.2, 0.25) is 0 Å². The van der Waals surface area contributed by atoms with Crippen LogP contribution in [0, 0.1) is 0 Å². The number of carbonyl (C=O) groups excluding carboxylic acids is 1. The number of rotatable bonds is 5. The maximum atomic E-state index is 12.3. The Labute approximate surface area is 138 Å². The smallest absolute Gasteiger partial charge is 0.307 e. The molecule has 0 aliphatic heterocycles. The summed E-state index contributed by atoms with van der Waals surface area (Å²) in [6.45, 7) is 5.65. The molecular formula is C20H24O3. The van der Waals surface area contributed by atoms with Gasteiger partial charge < -0.3 is 9.47 Å². The predicted octanol–water partition coefficient (Wildman–Crippen LogP) is 4.56. The highest BCUT2D eigenvalue weighted by Gasteiger charge is 2.23. The van der Waals surface area contributed by atoms with Crippen LogP contribution in [0.5, 0.6) is 5.75 Å². The monoisotopic (exact) mass is 312 g/mol. The van der Waals surface area contributed by atoms with Gasteiger partial charge in [0.25, 0.3) is 0 Å². The molecule has 0 amide bonds. The van der Waals surface area contributed by atoms with Crippen LogP contribution in [0.1, 0.15) is 44.2 Å². The second-order valence-corrected chi connectivity index (χ2v) is 6.53. The Morgan fingerprint density at radius 3 is 2.04 bits per heavy atom. The minimum atomic E-state index is -0.474. The molecule has 2 aromatic rings. The van der Waals surface area contributed by atoms with Crippen LogP contribution in [-0.4, -0.2) is 18.7 Å². The summed E-state index contributed by atoms with van der Waals surface area (Å²) in [6, 6.07) is 17.9. The standard InChI is InChI=1S/C20H24O3/c1-20(2,3)23-19(21)14-18(15-8-6-5-7-9-15)16-10-12-17(22-4)13-11-16/h5-13,18H,14H2,1-4H3/t18-/m1/s1. The molecule has 0 bridgehead atoms. The van der Waals surface area contributed by atoms with Crippen LogP contribution in [0.4, 0.5) is 0 Å². The summed E-state index contributed by atoms with van der Waals surface area (Å²) in [6.07, 6.45) is 0.313.